The highest BCUT2D eigenvalue weighted by Crippen LogP contribution is 2.32. The quantitative estimate of drug-likeness (QED) is 0.662. The van der Waals surface area contributed by atoms with Crippen molar-refractivity contribution in [1.82, 2.24) is 0 Å². The van der Waals surface area contributed by atoms with Gasteiger partial charge < -0.3 is 9.52 Å². The van der Waals surface area contributed by atoms with Crippen molar-refractivity contribution < 1.29 is 9.52 Å². The predicted octanol–water partition coefficient (Wildman–Crippen LogP) is 3.81. The van der Waals surface area contributed by atoms with Gasteiger partial charge in [-0.1, -0.05) is 30.3 Å². The molecule has 2 nitrogen and oxygen atoms in total. The van der Waals surface area contributed by atoms with Gasteiger partial charge in [-0.15, -0.1) is 0 Å². The Morgan fingerprint density at radius 3 is 2.44 bits per heavy atom. The molecule has 0 spiro atoms. The Morgan fingerprint density at radius 2 is 1.62 bits per heavy atom. The van der Waals surface area contributed by atoms with Crippen LogP contribution in [0, 0.1) is 0 Å². The lowest BCUT2D eigenvalue weighted by molar-refractivity contribution is 0.481. The van der Waals surface area contributed by atoms with Crippen molar-refractivity contribution in [2.24, 2.45) is 0 Å². The minimum Gasteiger partial charge on any atom is -0.507 e. The largest absolute Gasteiger partial charge is 0.507 e. The van der Waals surface area contributed by atoms with Crippen LogP contribution in [0.5, 0.6) is 5.75 Å². The maximum Gasteiger partial charge on any atom is 0.134 e. The van der Waals surface area contributed by atoms with Gasteiger partial charge in [0.15, 0.2) is 0 Å². The van der Waals surface area contributed by atoms with Crippen molar-refractivity contribution in [2.45, 2.75) is 0 Å². The summed E-state index contributed by atoms with van der Waals surface area (Å²) in [6, 6.07) is 15.1. The van der Waals surface area contributed by atoms with Gasteiger partial charge in [0.05, 0.1) is 6.26 Å². The van der Waals surface area contributed by atoms with Gasteiger partial charge in [0.2, 0.25) is 0 Å². The molecule has 0 radical (unpaired) electrons. The number of hydrogen-bond donors (Lipinski definition) is 1. The molecule has 78 valence electrons. The van der Waals surface area contributed by atoms with Crippen LogP contribution in [0.25, 0.3) is 22.1 Å². The number of aromatic hydroxyl groups is 1. The van der Waals surface area contributed by atoms with Crippen molar-refractivity contribution in [2.75, 3.05) is 0 Å². The standard InChI is InChI=1S/C14H10O2/c15-13-7-2-4-10-11(13)5-1-6-12(10)14-8-3-9-16-14/h1-9,15H. The Labute approximate surface area is 92.8 Å². The summed E-state index contributed by atoms with van der Waals surface area (Å²) >= 11 is 0. The molecule has 0 aliphatic rings. The van der Waals surface area contributed by atoms with E-state index in [1.165, 1.54) is 0 Å². The summed E-state index contributed by atoms with van der Waals surface area (Å²) < 4.78 is 5.39. The zero-order valence-electron chi connectivity index (χ0n) is 8.55. The number of furan rings is 1. The highest BCUT2D eigenvalue weighted by atomic mass is 16.3. The van der Waals surface area contributed by atoms with Crippen LogP contribution in [-0.2, 0) is 0 Å². The molecule has 2 aromatic carbocycles. The van der Waals surface area contributed by atoms with Crippen molar-refractivity contribution in [3.05, 3.63) is 54.8 Å². The van der Waals surface area contributed by atoms with Gasteiger partial charge in [0.1, 0.15) is 11.5 Å². The second-order valence-electron chi connectivity index (χ2n) is 3.66. The van der Waals surface area contributed by atoms with Gasteiger partial charge in [-0.25, -0.2) is 0 Å². The lowest BCUT2D eigenvalue weighted by Gasteiger charge is -2.05. The first kappa shape index (κ1) is 9.04. The Balaban J connectivity index is 2.38. The third kappa shape index (κ3) is 1.27. The van der Waals surface area contributed by atoms with Crippen LogP contribution >= 0.6 is 0 Å². The molecular formula is C14H10O2. The molecule has 2 heteroatoms. The number of phenolic OH excluding ortho intramolecular Hbond substituents is 1. The van der Waals surface area contributed by atoms with E-state index in [0.29, 0.717) is 5.75 Å². The number of rotatable bonds is 1. The summed E-state index contributed by atoms with van der Waals surface area (Å²) in [5.74, 6) is 1.11. The van der Waals surface area contributed by atoms with Crippen LogP contribution in [0.3, 0.4) is 0 Å². The number of benzene rings is 2. The average Bonchev–Trinajstić information content (AvgIpc) is 2.82. The Morgan fingerprint density at radius 1 is 0.812 bits per heavy atom. The normalized spacial score (nSPS) is 10.8. The summed E-state index contributed by atoms with van der Waals surface area (Å²) in [4.78, 5) is 0. The smallest absolute Gasteiger partial charge is 0.134 e. The zero-order chi connectivity index (χ0) is 11.0. The van der Waals surface area contributed by atoms with E-state index in [2.05, 4.69) is 0 Å². The van der Waals surface area contributed by atoms with Crippen LogP contribution in [0.15, 0.2) is 59.2 Å². The molecule has 3 rings (SSSR count). The molecule has 1 aromatic heterocycles. The summed E-state index contributed by atoms with van der Waals surface area (Å²) in [5.41, 5.74) is 0.999. The molecule has 0 unspecified atom stereocenters. The first-order valence-corrected chi connectivity index (χ1v) is 5.11. The molecule has 0 saturated heterocycles. The Kier molecular flexibility index (Phi) is 1.93. The first-order valence-electron chi connectivity index (χ1n) is 5.11. The summed E-state index contributed by atoms with van der Waals surface area (Å²) in [6.45, 7) is 0. The van der Waals surface area contributed by atoms with Gasteiger partial charge in [0.25, 0.3) is 0 Å². The van der Waals surface area contributed by atoms with E-state index in [1.807, 2.05) is 42.5 Å². The third-order valence-electron chi connectivity index (χ3n) is 2.69. The summed E-state index contributed by atoms with van der Waals surface area (Å²) in [5, 5.41) is 11.6. The van der Waals surface area contributed by atoms with E-state index in [4.69, 9.17) is 4.42 Å². The van der Waals surface area contributed by atoms with Crippen LogP contribution in [0.2, 0.25) is 0 Å². The van der Waals surface area contributed by atoms with Crippen LogP contribution in [0.1, 0.15) is 0 Å². The predicted molar refractivity (Wildman–Crippen MR) is 63.3 cm³/mol. The van der Waals surface area contributed by atoms with Gasteiger partial charge >= 0.3 is 0 Å². The number of hydrogen-bond acceptors (Lipinski definition) is 2. The molecule has 0 amide bonds. The minimum absolute atomic E-state index is 0.297. The van der Waals surface area contributed by atoms with Crippen LogP contribution in [-0.4, -0.2) is 5.11 Å². The molecule has 0 aliphatic carbocycles. The van der Waals surface area contributed by atoms with Gasteiger partial charge in [-0.05, 0) is 23.6 Å². The molecule has 0 bridgehead atoms. The van der Waals surface area contributed by atoms with Crippen LogP contribution in [0.4, 0.5) is 0 Å². The fourth-order valence-electron chi connectivity index (χ4n) is 1.94. The van der Waals surface area contributed by atoms with Crippen molar-refractivity contribution >= 4 is 10.8 Å². The molecule has 0 atom stereocenters. The summed E-state index contributed by atoms with van der Waals surface area (Å²) in [7, 11) is 0. The second-order valence-corrected chi connectivity index (χ2v) is 3.66. The van der Waals surface area contributed by atoms with Crippen molar-refractivity contribution in [3.63, 3.8) is 0 Å². The fraction of sp³-hybridized carbons (Fsp3) is 0. The summed E-state index contributed by atoms with van der Waals surface area (Å²) in [6.07, 6.45) is 1.65. The van der Waals surface area contributed by atoms with E-state index >= 15 is 0 Å². The van der Waals surface area contributed by atoms with E-state index in [-0.39, 0.29) is 0 Å². The number of fused-ring (bicyclic) bond motifs is 1. The van der Waals surface area contributed by atoms with Gasteiger partial charge in [0, 0.05) is 10.9 Å². The van der Waals surface area contributed by atoms with Gasteiger partial charge in [-0.2, -0.15) is 0 Å². The molecular weight excluding hydrogens is 200 g/mol. The lowest BCUT2D eigenvalue weighted by Crippen LogP contribution is -1.79. The molecule has 0 fully saturated rings. The zero-order valence-corrected chi connectivity index (χ0v) is 8.55. The molecule has 1 heterocycles. The molecule has 0 aliphatic heterocycles. The average molecular weight is 210 g/mol. The molecule has 1 N–H and O–H groups in total. The topological polar surface area (TPSA) is 33.4 Å². The minimum atomic E-state index is 0.297. The SMILES string of the molecule is Oc1cccc2c(-c3ccco3)cccc12. The van der Waals surface area contributed by atoms with E-state index < -0.39 is 0 Å². The number of phenols is 1. The monoisotopic (exact) mass is 210 g/mol. The Bertz CT molecular complexity index is 624. The van der Waals surface area contributed by atoms with Gasteiger partial charge in [-0.3, -0.25) is 0 Å². The highest BCUT2D eigenvalue weighted by molar-refractivity contribution is 5.98. The molecule has 3 aromatic rings. The second kappa shape index (κ2) is 3.42. The van der Waals surface area contributed by atoms with Crippen molar-refractivity contribution in [1.29, 1.82) is 0 Å². The maximum absolute atomic E-state index is 9.76. The van der Waals surface area contributed by atoms with Crippen molar-refractivity contribution in [3.8, 4) is 17.1 Å². The highest BCUT2D eigenvalue weighted by Gasteiger charge is 2.07. The van der Waals surface area contributed by atoms with Crippen LogP contribution < -0.4 is 0 Å². The third-order valence-corrected chi connectivity index (χ3v) is 2.69. The molecule has 0 saturated carbocycles. The van der Waals surface area contributed by atoms with E-state index in [1.54, 1.807) is 12.3 Å². The Hall–Kier alpha value is -2.22. The fourth-order valence-corrected chi connectivity index (χ4v) is 1.94. The first-order chi connectivity index (χ1) is 7.86. The lowest BCUT2D eigenvalue weighted by atomic mass is 10.0. The van der Waals surface area contributed by atoms with E-state index in [9.17, 15) is 5.11 Å². The maximum atomic E-state index is 9.76. The molecule has 16 heavy (non-hydrogen) atoms. The van der Waals surface area contributed by atoms with E-state index in [0.717, 1.165) is 22.1 Å².